The Bertz CT molecular complexity index is 1260. The zero-order valence-corrected chi connectivity index (χ0v) is 26.9. The van der Waals surface area contributed by atoms with E-state index in [0.29, 0.717) is 49.4 Å². The Morgan fingerprint density at radius 2 is 1.64 bits per heavy atom. The first-order valence-corrected chi connectivity index (χ1v) is 16.4. The Balaban J connectivity index is 1.27. The molecule has 2 heterocycles. The van der Waals surface area contributed by atoms with E-state index in [2.05, 4.69) is 41.1 Å². The SMILES string of the molecule is COCCCOc1cc(C(=O)N(C[C@@H]2CNC[C@H]2CN(C(=O)c2cccc(N3CCCC3)c2)C2CC2)C(C)C)ccc1OC. The molecule has 9 nitrogen and oxygen atoms in total. The fraction of sp³-hybridized carbons (Fsp3) is 0.600. The molecule has 2 aromatic rings. The van der Waals surface area contributed by atoms with E-state index in [4.69, 9.17) is 14.2 Å². The molecule has 2 atom stereocenters. The lowest BCUT2D eigenvalue weighted by Gasteiger charge is -2.34. The van der Waals surface area contributed by atoms with E-state index in [0.717, 1.165) is 56.7 Å². The lowest BCUT2D eigenvalue weighted by molar-refractivity contribution is 0.0613. The van der Waals surface area contributed by atoms with Gasteiger partial charge >= 0.3 is 0 Å². The van der Waals surface area contributed by atoms with Crippen LogP contribution in [0.25, 0.3) is 0 Å². The van der Waals surface area contributed by atoms with Gasteiger partial charge in [0, 0.05) is 88.3 Å². The molecule has 2 amide bonds. The molecule has 44 heavy (non-hydrogen) atoms. The van der Waals surface area contributed by atoms with E-state index in [-0.39, 0.29) is 29.7 Å². The van der Waals surface area contributed by atoms with E-state index in [9.17, 15) is 9.59 Å². The van der Waals surface area contributed by atoms with Crippen molar-refractivity contribution in [2.45, 2.75) is 58.0 Å². The minimum absolute atomic E-state index is 0.0198. The molecule has 9 heteroatoms. The molecule has 5 rings (SSSR count). The van der Waals surface area contributed by atoms with Gasteiger partial charge in [-0.3, -0.25) is 9.59 Å². The van der Waals surface area contributed by atoms with Crippen LogP contribution in [-0.2, 0) is 4.74 Å². The van der Waals surface area contributed by atoms with Gasteiger partial charge in [0.2, 0.25) is 0 Å². The predicted molar refractivity (Wildman–Crippen MR) is 173 cm³/mol. The predicted octanol–water partition coefficient (Wildman–Crippen LogP) is 4.70. The number of carbonyl (C=O) groups is 2. The number of anilines is 1. The first kappa shape index (κ1) is 32.1. The Labute approximate surface area is 262 Å². The van der Waals surface area contributed by atoms with Gasteiger partial charge in [-0.05, 0) is 87.8 Å². The van der Waals surface area contributed by atoms with Crippen molar-refractivity contribution in [3.05, 3.63) is 53.6 Å². The molecule has 2 aliphatic heterocycles. The van der Waals surface area contributed by atoms with Crippen molar-refractivity contribution in [3.8, 4) is 11.5 Å². The lowest BCUT2D eigenvalue weighted by atomic mass is 9.93. The molecule has 1 N–H and O–H groups in total. The van der Waals surface area contributed by atoms with Gasteiger partial charge in [0.05, 0.1) is 13.7 Å². The van der Waals surface area contributed by atoms with E-state index in [1.165, 1.54) is 12.8 Å². The molecule has 0 radical (unpaired) electrons. The number of nitrogens with zero attached hydrogens (tertiary/aromatic N) is 3. The summed E-state index contributed by atoms with van der Waals surface area (Å²) in [5.41, 5.74) is 2.51. The topological polar surface area (TPSA) is 83.6 Å². The summed E-state index contributed by atoms with van der Waals surface area (Å²) in [6.45, 7) is 10.3. The number of hydrogen-bond donors (Lipinski definition) is 1. The summed E-state index contributed by atoms with van der Waals surface area (Å²) in [5.74, 6) is 1.79. The van der Waals surface area contributed by atoms with Crippen molar-refractivity contribution in [2.24, 2.45) is 11.8 Å². The third-order valence-corrected chi connectivity index (χ3v) is 9.20. The molecule has 0 unspecified atom stereocenters. The number of methoxy groups -OCH3 is 2. The average Bonchev–Trinajstić information content (AvgIpc) is 3.53. The first-order valence-electron chi connectivity index (χ1n) is 16.4. The van der Waals surface area contributed by atoms with E-state index >= 15 is 0 Å². The normalized spacial score (nSPS) is 19.8. The molecule has 3 aliphatic rings. The summed E-state index contributed by atoms with van der Waals surface area (Å²) in [6.07, 6.45) is 5.29. The van der Waals surface area contributed by atoms with Crippen LogP contribution >= 0.6 is 0 Å². The van der Waals surface area contributed by atoms with E-state index in [1.807, 2.05) is 23.1 Å². The number of hydrogen-bond acceptors (Lipinski definition) is 7. The monoisotopic (exact) mass is 606 g/mol. The Hall–Kier alpha value is -3.30. The maximum atomic E-state index is 13.9. The highest BCUT2D eigenvalue weighted by Crippen LogP contribution is 2.33. The summed E-state index contributed by atoms with van der Waals surface area (Å²) < 4.78 is 16.6. The molecule has 0 bridgehead atoms. The molecule has 1 aliphatic carbocycles. The molecular formula is C35H50N4O5. The van der Waals surface area contributed by atoms with Gasteiger partial charge in [-0.1, -0.05) is 6.07 Å². The van der Waals surface area contributed by atoms with Gasteiger partial charge in [-0.25, -0.2) is 0 Å². The van der Waals surface area contributed by atoms with Crippen LogP contribution in [0.3, 0.4) is 0 Å². The minimum atomic E-state index is -0.0242. The van der Waals surface area contributed by atoms with Crippen LogP contribution in [0.5, 0.6) is 11.5 Å². The van der Waals surface area contributed by atoms with Gasteiger partial charge in [-0.15, -0.1) is 0 Å². The largest absolute Gasteiger partial charge is 0.493 e. The smallest absolute Gasteiger partial charge is 0.254 e. The summed E-state index contributed by atoms with van der Waals surface area (Å²) in [5, 5.41) is 3.56. The Morgan fingerprint density at radius 3 is 2.32 bits per heavy atom. The molecule has 3 fully saturated rings. The van der Waals surface area contributed by atoms with Gasteiger partial charge in [0.25, 0.3) is 11.8 Å². The maximum absolute atomic E-state index is 13.9. The maximum Gasteiger partial charge on any atom is 0.254 e. The minimum Gasteiger partial charge on any atom is -0.493 e. The standard InChI is InChI=1S/C35H50N4O5/c1-25(2)38(34(40)27-11-14-32(43-4)33(20-27)44-18-8-17-42-3)23-28-21-36-22-29(28)24-39(30-12-13-30)35(41)26-9-7-10-31(19-26)37-15-5-6-16-37/h7,9-11,14,19-20,25,28-30,36H,5-6,8,12-13,15-18,21-24H2,1-4H3/t28-,29-/m0/s1. The van der Waals surface area contributed by atoms with Crippen molar-refractivity contribution in [1.29, 1.82) is 0 Å². The number of rotatable bonds is 15. The molecule has 240 valence electrons. The van der Waals surface area contributed by atoms with Crippen molar-refractivity contribution in [2.75, 3.05) is 71.6 Å². The number of ether oxygens (including phenoxy) is 3. The van der Waals surface area contributed by atoms with Crippen LogP contribution in [0.4, 0.5) is 5.69 Å². The second kappa shape index (κ2) is 15.1. The highest BCUT2D eigenvalue weighted by Gasteiger charge is 2.39. The van der Waals surface area contributed by atoms with E-state index in [1.54, 1.807) is 26.4 Å². The quantitative estimate of drug-likeness (QED) is 0.294. The van der Waals surface area contributed by atoms with Gasteiger partial charge in [0.15, 0.2) is 11.5 Å². The number of carbonyl (C=O) groups excluding carboxylic acids is 2. The first-order chi connectivity index (χ1) is 21.4. The van der Waals surface area contributed by atoms with Crippen molar-refractivity contribution < 1.29 is 23.8 Å². The van der Waals surface area contributed by atoms with Crippen molar-refractivity contribution in [1.82, 2.24) is 15.1 Å². The number of amides is 2. The second-order valence-corrected chi connectivity index (χ2v) is 12.7. The second-order valence-electron chi connectivity index (χ2n) is 12.7. The molecule has 0 aromatic heterocycles. The van der Waals surface area contributed by atoms with Crippen LogP contribution in [0.2, 0.25) is 0 Å². The highest BCUT2D eigenvalue weighted by atomic mass is 16.5. The number of nitrogens with one attached hydrogen (secondary N) is 1. The third-order valence-electron chi connectivity index (χ3n) is 9.20. The van der Waals surface area contributed by atoms with Crippen molar-refractivity contribution >= 4 is 17.5 Å². The summed E-state index contributed by atoms with van der Waals surface area (Å²) in [6, 6.07) is 13.9. The van der Waals surface area contributed by atoms with Crippen LogP contribution in [-0.4, -0.2) is 100 Å². The Kier molecular flexibility index (Phi) is 11.0. The summed E-state index contributed by atoms with van der Waals surface area (Å²) in [7, 11) is 3.27. The molecule has 1 saturated carbocycles. The van der Waals surface area contributed by atoms with Gasteiger partial charge < -0.3 is 34.2 Å². The van der Waals surface area contributed by atoms with Crippen molar-refractivity contribution in [3.63, 3.8) is 0 Å². The van der Waals surface area contributed by atoms with Crippen LogP contribution in [0.1, 0.15) is 66.7 Å². The molecule has 2 aromatic carbocycles. The van der Waals surface area contributed by atoms with E-state index < -0.39 is 0 Å². The number of benzene rings is 2. The van der Waals surface area contributed by atoms with Crippen LogP contribution in [0, 0.1) is 11.8 Å². The Morgan fingerprint density at radius 1 is 0.909 bits per heavy atom. The fourth-order valence-electron chi connectivity index (χ4n) is 6.48. The average molecular weight is 607 g/mol. The zero-order chi connectivity index (χ0) is 31.1. The van der Waals surface area contributed by atoms with Gasteiger partial charge in [-0.2, -0.15) is 0 Å². The summed E-state index contributed by atoms with van der Waals surface area (Å²) >= 11 is 0. The zero-order valence-electron chi connectivity index (χ0n) is 26.9. The fourth-order valence-corrected chi connectivity index (χ4v) is 6.48. The molecular weight excluding hydrogens is 556 g/mol. The van der Waals surface area contributed by atoms with Crippen LogP contribution in [0.15, 0.2) is 42.5 Å². The highest BCUT2D eigenvalue weighted by molar-refractivity contribution is 5.96. The lowest BCUT2D eigenvalue weighted by Crippen LogP contribution is -2.45. The summed E-state index contributed by atoms with van der Waals surface area (Å²) in [4.78, 5) is 34.3. The third kappa shape index (κ3) is 7.85. The molecule has 2 saturated heterocycles. The molecule has 0 spiro atoms. The van der Waals surface area contributed by atoms with Gasteiger partial charge in [0.1, 0.15) is 0 Å². The van der Waals surface area contributed by atoms with Crippen LogP contribution < -0.4 is 19.7 Å².